The molecule has 1 saturated carbocycles. The highest BCUT2D eigenvalue weighted by Crippen LogP contribution is 2.39. The predicted molar refractivity (Wildman–Crippen MR) is 54.0 cm³/mol. The van der Waals surface area contributed by atoms with E-state index in [4.69, 9.17) is 0 Å². The molecular formula is C10H17N3. The molecule has 3 heteroatoms. The minimum absolute atomic E-state index is 0.577. The smallest absolute Gasteiger partial charge is 0.0747 e. The van der Waals surface area contributed by atoms with Gasteiger partial charge < -0.3 is 4.90 Å². The summed E-state index contributed by atoms with van der Waals surface area (Å²) in [4.78, 5) is 2.09. The van der Waals surface area contributed by atoms with Crippen LogP contribution >= 0.6 is 0 Å². The van der Waals surface area contributed by atoms with E-state index in [1.54, 1.807) is 0 Å². The van der Waals surface area contributed by atoms with Crippen LogP contribution in [0.15, 0.2) is 12.4 Å². The van der Waals surface area contributed by atoms with Gasteiger partial charge in [0.15, 0.2) is 0 Å². The van der Waals surface area contributed by atoms with Crippen molar-refractivity contribution in [3.8, 4) is 0 Å². The van der Waals surface area contributed by atoms with Gasteiger partial charge in [0.05, 0.1) is 17.9 Å². The van der Waals surface area contributed by atoms with Gasteiger partial charge in [-0.25, -0.2) is 0 Å². The molecule has 0 aliphatic heterocycles. The zero-order valence-corrected chi connectivity index (χ0v) is 8.57. The monoisotopic (exact) mass is 179 g/mol. The summed E-state index contributed by atoms with van der Waals surface area (Å²) < 4.78 is 2.09. The van der Waals surface area contributed by atoms with E-state index < -0.39 is 0 Å². The summed E-state index contributed by atoms with van der Waals surface area (Å²) in [5.74, 6) is 0.870. The SMILES string of the molecule is CC(C1CC1)n1cc(N(C)C)cn1. The van der Waals surface area contributed by atoms with E-state index in [9.17, 15) is 0 Å². The lowest BCUT2D eigenvalue weighted by molar-refractivity contribution is 0.440. The fourth-order valence-electron chi connectivity index (χ4n) is 1.58. The van der Waals surface area contributed by atoms with Gasteiger partial charge in [0.25, 0.3) is 0 Å². The molecule has 0 saturated heterocycles. The van der Waals surface area contributed by atoms with Crippen LogP contribution < -0.4 is 4.90 Å². The minimum Gasteiger partial charge on any atom is -0.375 e. The topological polar surface area (TPSA) is 21.1 Å². The summed E-state index contributed by atoms with van der Waals surface area (Å²) in [5, 5.41) is 4.37. The Morgan fingerprint density at radius 3 is 2.69 bits per heavy atom. The largest absolute Gasteiger partial charge is 0.375 e. The maximum absolute atomic E-state index is 4.37. The lowest BCUT2D eigenvalue weighted by atomic mass is 10.2. The Morgan fingerprint density at radius 2 is 2.23 bits per heavy atom. The maximum Gasteiger partial charge on any atom is 0.0747 e. The number of rotatable bonds is 3. The van der Waals surface area contributed by atoms with E-state index in [0.29, 0.717) is 6.04 Å². The average molecular weight is 179 g/mol. The van der Waals surface area contributed by atoms with Crippen LogP contribution in [0.5, 0.6) is 0 Å². The van der Waals surface area contributed by atoms with Crippen molar-refractivity contribution in [3.63, 3.8) is 0 Å². The molecule has 0 radical (unpaired) electrons. The number of anilines is 1. The van der Waals surface area contributed by atoms with Crippen LogP contribution in [0.2, 0.25) is 0 Å². The van der Waals surface area contributed by atoms with Crippen LogP contribution in [0.1, 0.15) is 25.8 Å². The number of nitrogens with zero attached hydrogens (tertiary/aromatic N) is 3. The molecule has 1 fully saturated rings. The van der Waals surface area contributed by atoms with E-state index in [-0.39, 0.29) is 0 Å². The highest BCUT2D eigenvalue weighted by atomic mass is 15.3. The van der Waals surface area contributed by atoms with Crippen molar-refractivity contribution in [2.45, 2.75) is 25.8 Å². The van der Waals surface area contributed by atoms with Crippen LogP contribution in [0.3, 0.4) is 0 Å². The van der Waals surface area contributed by atoms with Crippen LogP contribution in [-0.4, -0.2) is 23.9 Å². The van der Waals surface area contributed by atoms with Crippen molar-refractivity contribution in [2.75, 3.05) is 19.0 Å². The Bertz CT molecular complexity index is 286. The molecule has 0 aromatic carbocycles. The van der Waals surface area contributed by atoms with Gasteiger partial charge in [-0.3, -0.25) is 4.68 Å². The second-order valence-electron chi connectivity index (χ2n) is 4.15. The fourth-order valence-corrected chi connectivity index (χ4v) is 1.58. The number of hydrogen-bond acceptors (Lipinski definition) is 2. The third-order valence-corrected chi connectivity index (χ3v) is 2.83. The van der Waals surface area contributed by atoms with Gasteiger partial charge >= 0.3 is 0 Å². The first-order valence-electron chi connectivity index (χ1n) is 4.90. The normalized spacial score (nSPS) is 18.7. The van der Waals surface area contributed by atoms with Crippen molar-refractivity contribution in [1.82, 2.24) is 9.78 Å². The van der Waals surface area contributed by atoms with Gasteiger partial charge in [-0.05, 0) is 25.7 Å². The maximum atomic E-state index is 4.37. The fraction of sp³-hybridized carbons (Fsp3) is 0.700. The summed E-state index contributed by atoms with van der Waals surface area (Å²) in [6.07, 6.45) is 6.80. The molecule has 0 N–H and O–H groups in total. The molecule has 0 bridgehead atoms. The third-order valence-electron chi connectivity index (χ3n) is 2.83. The Labute approximate surface area is 79.3 Å². The van der Waals surface area contributed by atoms with E-state index in [2.05, 4.69) is 27.8 Å². The van der Waals surface area contributed by atoms with Crippen molar-refractivity contribution in [1.29, 1.82) is 0 Å². The van der Waals surface area contributed by atoms with E-state index >= 15 is 0 Å². The average Bonchev–Trinajstić information content (AvgIpc) is 2.81. The molecular weight excluding hydrogens is 162 g/mol. The van der Waals surface area contributed by atoms with Gasteiger partial charge in [-0.15, -0.1) is 0 Å². The molecule has 1 heterocycles. The van der Waals surface area contributed by atoms with Crippen LogP contribution in [0.4, 0.5) is 5.69 Å². The Kier molecular flexibility index (Phi) is 2.02. The standard InChI is InChI=1S/C10H17N3/c1-8(9-4-5-9)13-7-10(6-11-13)12(2)3/h6-9H,4-5H2,1-3H3. The first-order chi connectivity index (χ1) is 6.18. The Balaban J connectivity index is 2.11. The number of hydrogen-bond donors (Lipinski definition) is 0. The third kappa shape index (κ3) is 1.69. The highest BCUT2D eigenvalue weighted by Gasteiger charge is 2.29. The molecule has 1 aromatic rings. The molecule has 1 aliphatic rings. The van der Waals surface area contributed by atoms with Crippen molar-refractivity contribution >= 4 is 5.69 Å². The van der Waals surface area contributed by atoms with Crippen LogP contribution in [-0.2, 0) is 0 Å². The first kappa shape index (κ1) is 8.60. The molecule has 0 spiro atoms. The second kappa shape index (κ2) is 3.05. The molecule has 3 nitrogen and oxygen atoms in total. The number of aromatic nitrogens is 2. The van der Waals surface area contributed by atoms with E-state index in [1.165, 1.54) is 18.5 Å². The Hall–Kier alpha value is -0.990. The molecule has 1 unspecified atom stereocenters. The van der Waals surface area contributed by atoms with Crippen molar-refractivity contribution < 1.29 is 0 Å². The van der Waals surface area contributed by atoms with Crippen LogP contribution in [0, 0.1) is 5.92 Å². The summed E-state index contributed by atoms with van der Waals surface area (Å²) in [7, 11) is 4.09. The molecule has 72 valence electrons. The molecule has 1 aliphatic carbocycles. The van der Waals surface area contributed by atoms with Gasteiger partial charge in [0.1, 0.15) is 0 Å². The zero-order valence-electron chi connectivity index (χ0n) is 8.57. The first-order valence-corrected chi connectivity index (χ1v) is 4.90. The minimum atomic E-state index is 0.577. The Morgan fingerprint density at radius 1 is 1.54 bits per heavy atom. The van der Waals surface area contributed by atoms with Crippen molar-refractivity contribution in [2.24, 2.45) is 5.92 Å². The van der Waals surface area contributed by atoms with Gasteiger partial charge in [0.2, 0.25) is 0 Å². The summed E-state index contributed by atoms with van der Waals surface area (Å²) in [5.41, 5.74) is 1.19. The van der Waals surface area contributed by atoms with Crippen LogP contribution in [0.25, 0.3) is 0 Å². The predicted octanol–water partition coefficient (Wildman–Crippen LogP) is 1.92. The molecule has 0 amide bonds. The van der Waals surface area contributed by atoms with E-state index in [1.807, 2.05) is 20.3 Å². The lowest BCUT2D eigenvalue weighted by Gasteiger charge is -2.11. The molecule has 1 atom stereocenters. The van der Waals surface area contributed by atoms with Gasteiger partial charge in [0, 0.05) is 20.3 Å². The summed E-state index contributed by atoms with van der Waals surface area (Å²) in [6, 6.07) is 0.577. The molecule has 13 heavy (non-hydrogen) atoms. The van der Waals surface area contributed by atoms with E-state index in [0.717, 1.165) is 5.92 Å². The zero-order chi connectivity index (χ0) is 9.42. The lowest BCUT2D eigenvalue weighted by Crippen LogP contribution is -2.09. The quantitative estimate of drug-likeness (QED) is 0.707. The second-order valence-corrected chi connectivity index (χ2v) is 4.15. The summed E-state index contributed by atoms with van der Waals surface area (Å²) in [6.45, 7) is 2.25. The summed E-state index contributed by atoms with van der Waals surface area (Å²) >= 11 is 0. The highest BCUT2D eigenvalue weighted by molar-refractivity contribution is 5.40. The van der Waals surface area contributed by atoms with Crippen molar-refractivity contribution in [3.05, 3.63) is 12.4 Å². The van der Waals surface area contributed by atoms with Gasteiger partial charge in [-0.2, -0.15) is 5.10 Å². The van der Waals surface area contributed by atoms with Gasteiger partial charge in [-0.1, -0.05) is 0 Å². The molecule has 2 rings (SSSR count). The molecule has 1 aromatic heterocycles.